The molecule has 4 bridgehead atoms. The predicted octanol–water partition coefficient (Wildman–Crippen LogP) is 1.96. The van der Waals surface area contributed by atoms with E-state index in [9.17, 15) is 4.79 Å². The molecule has 0 radical (unpaired) electrons. The third-order valence-electron chi connectivity index (χ3n) is 5.14. The average Bonchev–Trinajstić information content (AvgIpc) is 2.80. The molecule has 0 aromatic heterocycles. The fraction of sp³-hybridized carbons (Fsp3) is 0.467. The number of hydrogen-bond donors (Lipinski definition) is 2. The second-order valence-corrected chi connectivity index (χ2v) is 6.00. The normalized spacial score (nSPS) is 38.3. The molecule has 0 saturated heterocycles. The maximum Gasteiger partial charge on any atom is 0.332 e. The van der Waals surface area contributed by atoms with Crippen molar-refractivity contribution in [2.45, 2.75) is 12.8 Å². The van der Waals surface area contributed by atoms with E-state index in [1.807, 2.05) is 18.2 Å². The molecular formula is C15H17N3O. The van der Waals surface area contributed by atoms with Gasteiger partial charge in [-0.3, -0.25) is 0 Å². The number of nitrogens with one attached hydrogen (secondary N) is 1. The Labute approximate surface area is 112 Å². The molecule has 4 nitrogen and oxygen atoms in total. The van der Waals surface area contributed by atoms with Crippen LogP contribution in [0.2, 0.25) is 0 Å². The molecule has 4 aliphatic rings. The first-order valence-corrected chi connectivity index (χ1v) is 6.94. The molecule has 1 aromatic carbocycles. The Bertz CT molecular complexity index is 540. The maximum absolute atomic E-state index is 10.9. The molecule has 98 valence electrons. The van der Waals surface area contributed by atoms with Crippen molar-refractivity contribution in [3.63, 3.8) is 0 Å². The number of hydrogen-bond acceptors (Lipinski definition) is 2. The van der Waals surface area contributed by atoms with Gasteiger partial charge in [-0.15, -0.1) is 0 Å². The number of benzene rings is 1. The highest BCUT2D eigenvalue weighted by atomic mass is 16.2. The lowest BCUT2D eigenvalue weighted by Crippen LogP contribution is -2.29. The molecule has 19 heavy (non-hydrogen) atoms. The van der Waals surface area contributed by atoms with Gasteiger partial charge in [0.15, 0.2) is 0 Å². The Morgan fingerprint density at radius 3 is 2.42 bits per heavy atom. The molecule has 0 aliphatic heterocycles. The number of primary amides is 1. The summed E-state index contributed by atoms with van der Waals surface area (Å²) in [6.45, 7) is 0. The number of amides is 2. The second kappa shape index (κ2) is 3.83. The van der Waals surface area contributed by atoms with Gasteiger partial charge in [-0.1, -0.05) is 30.3 Å². The minimum Gasteiger partial charge on any atom is -0.350 e. The summed E-state index contributed by atoms with van der Waals surface area (Å²) in [5.41, 5.74) is 9.71. The van der Waals surface area contributed by atoms with Gasteiger partial charge in [-0.2, -0.15) is 5.10 Å². The van der Waals surface area contributed by atoms with Crippen molar-refractivity contribution in [2.24, 2.45) is 40.4 Å². The lowest BCUT2D eigenvalue weighted by Gasteiger charge is -2.18. The summed E-state index contributed by atoms with van der Waals surface area (Å²) in [7, 11) is 0. The maximum atomic E-state index is 10.9. The second-order valence-electron chi connectivity index (χ2n) is 6.00. The van der Waals surface area contributed by atoms with Crippen molar-refractivity contribution >= 4 is 11.7 Å². The molecule has 4 saturated carbocycles. The van der Waals surface area contributed by atoms with Crippen LogP contribution in [0.1, 0.15) is 18.4 Å². The van der Waals surface area contributed by atoms with E-state index in [0.717, 1.165) is 34.9 Å². The first-order chi connectivity index (χ1) is 9.25. The Balaban J connectivity index is 1.69. The third kappa shape index (κ3) is 1.59. The van der Waals surface area contributed by atoms with Crippen molar-refractivity contribution in [2.75, 3.05) is 0 Å². The number of nitrogens with zero attached hydrogens (tertiary/aromatic N) is 1. The summed E-state index contributed by atoms with van der Waals surface area (Å²) in [5.74, 6) is 3.94. The van der Waals surface area contributed by atoms with Crippen LogP contribution in [0.5, 0.6) is 0 Å². The smallest absolute Gasteiger partial charge is 0.332 e. The van der Waals surface area contributed by atoms with Crippen LogP contribution in [0.15, 0.2) is 35.4 Å². The van der Waals surface area contributed by atoms with Gasteiger partial charge in [0.2, 0.25) is 0 Å². The van der Waals surface area contributed by atoms with Gasteiger partial charge in [0.05, 0.1) is 5.71 Å². The Hall–Kier alpha value is -1.84. The molecule has 1 aromatic rings. The largest absolute Gasteiger partial charge is 0.350 e. The topological polar surface area (TPSA) is 67.5 Å². The monoisotopic (exact) mass is 255 g/mol. The van der Waals surface area contributed by atoms with Crippen molar-refractivity contribution in [3.8, 4) is 0 Å². The van der Waals surface area contributed by atoms with E-state index in [4.69, 9.17) is 5.73 Å². The van der Waals surface area contributed by atoms with Gasteiger partial charge in [-0.25, -0.2) is 10.2 Å². The van der Waals surface area contributed by atoms with Crippen LogP contribution in [0.4, 0.5) is 4.79 Å². The van der Waals surface area contributed by atoms with Crippen molar-refractivity contribution in [1.29, 1.82) is 0 Å². The van der Waals surface area contributed by atoms with Crippen molar-refractivity contribution < 1.29 is 4.79 Å². The molecule has 3 unspecified atom stereocenters. The highest BCUT2D eigenvalue weighted by Gasteiger charge is 2.69. The van der Waals surface area contributed by atoms with Crippen LogP contribution in [-0.2, 0) is 0 Å². The van der Waals surface area contributed by atoms with E-state index in [0.29, 0.717) is 5.92 Å². The van der Waals surface area contributed by atoms with E-state index in [1.165, 1.54) is 12.8 Å². The Kier molecular flexibility index (Phi) is 2.22. The molecule has 3 atom stereocenters. The zero-order valence-electron chi connectivity index (χ0n) is 10.6. The summed E-state index contributed by atoms with van der Waals surface area (Å²) in [4.78, 5) is 10.9. The van der Waals surface area contributed by atoms with Crippen molar-refractivity contribution in [3.05, 3.63) is 35.9 Å². The first-order valence-electron chi connectivity index (χ1n) is 6.94. The van der Waals surface area contributed by atoms with Crippen LogP contribution in [-0.4, -0.2) is 11.7 Å². The number of hydrazone groups is 1. The van der Waals surface area contributed by atoms with Crippen LogP contribution >= 0.6 is 0 Å². The minimum absolute atomic E-state index is 0.518. The van der Waals surface area contributed by atoms with Crippen LogP contribution in [0.25, 0.3) is 0 Å². The summed E-state index contributed by atoms with van der Waals surface area (Å²) in [6, 6.07) is 9.56. The molecule has 2 amide bonds. The van der Waals surface area contributed by atoms with Crippen LogP contribution < -0.4 is 11.2 Å². The molecule has 4 heteroatoms. The Morgan fingerprint density at radius 1 is 1.21 bits per heavy atom. The molecular weight excluding hydrogens is 238 g/mol. The van der Waals surface area contributed by atoms with Gasteiger partial charge < -0.3 is 5.73 Å². The van der Waals surface area contributed by atoms with Crippen LogP contribution in [0.3, 0.4) is 0 Å². The summed E-state index contributed by atoms with van der Waals surface area (Å²) < 4.78 is 0. The number of urea groups is 1. The summed E-state index contributed by atoms with van der Waals surface area (Å²) >= 11 is 0. The Morgan fingerprint density at radius 2 is 1.89 bits per heavy atom. The van der Waals surface area contributed by atoms with E-state index < -0.39 is 6.03 Å². The van der Waals surface area contributed by atoms with Gasteiger partial charge in [-0.05, 0) is 42.1 Å². The van der Waals surface area contributed by atoms with Gasteiger partial charge in [0.1, 0.15) is 0 Å². The number of rotatable bonds is 3. The minimum atomic E-state index is -0.592. The molecule has 0 spiro atoms. The van der Waals surface area contributed by atoms with Gasteiger partial charge in [0.25, 0.3) is 0 Å². The predicted molar refractivity (Wildman–Crippen MR) is 72.4 cm³/mol. The number of nitrogens with two attached hydrogens (primary N) is 1. The zero-order chi connectivity index (χ0) is 13.0. The molecule has 4 fully saturated rings. The fourth-order valence-electron chi connectivity index (χ4n) is 4.54. The van der Waals surface area contributed by atoms with E-state index in [2.05, 4.69) is 22.7 Å². The lowest BCUT2D eigenvalue weighted by molar-refractivity contribution is 0.249. The standard InChI is InChI=1S/C15H17N3O/c16-15(19)18-17-14(8-4-2-1-3-5-8)12-9-6-10-11(7-9)13(10)12/h1-5,9-13H,6-7H2,(H3,16,18,19). The highest BCUT2D eigenvalue weighted by molar-refractivity contribution is 6.03. The fourth-order valence-corrected chi connectivity index (χ4v) is 4.54. The first kappa shape index (κ1) is 11.0. The van der Waals surface area contributed by atoms with Crippen LogP contribution in [0, 0.1) is 29.6 Å². The highest BCUT2D eigenvalue weighted by Crippen LogP contribution is 2.73. The third-order valence-corrected chi connectivity index (χ3v) is 5.14. The quantitative estimate of drug-likeness (QED) is 0.629. The molecule has 4 aliphatic carbocycles. The van der Waals surface area contributed by atoms with E-state index in [-0.39, 0.29) is 0 Å². The number of carbonyl (C=O) groups is 1. The van der Waals surface area contributed by atoms with Gasteiger partial charge in [0, 0.05) is 5.92 Å². The zero-order valence-corrected chi connectivity index (χ0v) is 10.6. The molecule has 3 N–H and O–H groups in total. The molecule has 0 heterocycles. The van der Waals surface area contributed by atoms with E-state index >= 15 is 0 Å². The lowest BCUT2D eigenvalue weighted by atomic mass is 9.89. The van der Waals surface area contributed by atoms with Crippen molar-refractivity contribution in [1.82, 2.24) is 5.43 Å². The SMILES string of the molecule is NC(=O)NN=C(c1ccccc1)C1C2CC3C(C2)C31. The summed E-state index contributed by atoms with van der Waals surface area (Å²) in [5, 5.41) is 4.32. The van der Waals surface area contributed by atoms with Gasteiger partial charge >= 0.3 is 6.03 Å². The summed E-state index contributed by atoms with van der Waals surface area (Å²) in [6.07, 6.45) is 2.70. The van der Waals surface area contributed by atoms with E-state index in [1.54, 1.807) is 0 Å². The average molecular weight is 255 g/mol. The number of carbonyl (C=O) groups excluding carboxylic acids is 1. The molecule has 5 rings (SSSR count).